The summed E-state index contributed by atoms with van der Waals surface area (Å²) >= 11 is -0.733. The van der Waals surface area contributed by atoms with Gasteiger partial charge in [-0.3, -0.25) is 0 Å². The zero-order chi connectivity index (χ0) is 48.8. The molecule has 2 N–H and O–H groups in total. The van der Waals surface area contributed by atoms with Gasteiger partial charge in [0.2, 0.25) is 0 Å². The molecule has 0 aromatic heterocycles. The monoisotopic (exact) mass is 990 g/mol. The molecule has 1 aliphatic carbocycles. The molecule has 1 heterocycles. The summed E-state index contributed by atoms with van der Waals surface area (Å²) < 4.78 is 88.6. The van der Waals surface area contributed by atoms with Crippen molar-refractivity contribution in [2.24, 2.45) is 0 Å². The molecule has 6 aromatic rings. The minimum absolute atomic E-state index is 0.00939. The van der Waals surface area contributed by atoms with Crippen molar-refractivity contribution in [2.75, 3.05) is 0 Å². The molecule has 1 saturated carbocycles. The SMILES string of the molecule is CC(C)(C)c1cc(C[S]2=[Ti]=[S@@](Cc3cc(C(C)(C)C)cc(-c4c(F)cc(F)cc4F)c3O)C3CCCCCC[C@@H]32)c(O)c(-c2c(F)cc(F)cc2F)c1.[CH2-]c1ccccc1.[CH2-]c1ccccc1. The Kier molecular flexibility index (Phi) is 17.4. The van der Waals surface area contributed by atoms with Gasteiger partial charge in [0.1, 0.15) is 0 Å². The van der Waals surface area contributed by atoms with Crippen LogP contribution in [0.15, 0.2) is 109 Å². The predicted octanol–water partition coefficient (Wildman–Crippen LogP) is 16.9. The minimum atomic E-state index is -1.08. The van der Waals surface area contributed by atoms with Crippen LogP contribution < -0.4 is 0 Å². The molecule has 1 aliphatic heterocycles. The quantitative estimate of drug-likeness (QED) is 0.0992. The molecule has 0 bridgehead atoms. The Bertz CT molecular complexity index is 2540. The van der Waals surface area contributed by atoms with Gasteiger partial charge in [-0.05, 0) is 0 Å². The summed E-state index contributed by atoms with van der Waals surface area (Å²) in [4.78, 5) is 0. The molecule has 1 fully saturated rings. The van der Waals surface area contributed by atoms with Gasteiger partial charge < -0.3 is 0 Å². The van der Waals surface area contributed by atoms with Gasteiger partial charge in [-0.1, -0.05) is 12.1 Å². The van der Waals surface area contributed by atoms with E-state index in [0.29, 0.717) is 57.4 Å². The summed E-state index contributed by atoms with van der Waals surface area (Å²) in [6.45, 7) is 19.4. The largest absolute Gasteiger partial charge is 0.199 e. The Morgan fingerprint density at radius 1 is 0.507 bits per heavy atom. The van der Waals surface area contributed by atoms with Crippen molar-refractivity contribution in [1.29, 1.82) is 0 Å². The van der Waals surface area contributed by atoms with Crippen molar-refractivity contribution in [1.82, 2.24) is 0 Å². The van der Waals surface area contributed by atoms with E-state index in [4.69, 9.17) is 0 Å². The van der Waals surface area contributed by atoms with Crippen molar-refractivity contribution in [3.8, 4) is 33.8 Å². The van der Waals surface area contributed by atoms with Crippen molar-refractivity contribution in [3.63, 3.8) is 0 Å². The fourth-order valence-corrected chi connectivity index (χ4v) is 29.2. The summed E-state index contributed by atoms with van der Waals surface area (Å²) in [5.41, 5.74) is 3.27. The van der Waals surface area contributed by atoms with Gasteiger partial charge in [0.25, 0.3) is 0 Å². The third-order valence-electron chi connectivity index (χ3n) is 12.1. The molecule has 0 radical (unpaired) electrons. The van der Waals surface area contributed by atoms with Crippen LogP contribution in [0, 0.1) is 48.8 Å². The molecule has 2 unspecified atom stereocenters. The Balaban J connectivity index is 0.000000450. The number of hydrogen-bond acceptors (Lipinski definition) is 2. The third-order valence-corrected chi connectivity index (χ3v) is 28.0. The van der Waals surface area contributed by atoms with Crippen molar-refractivity contribution in [3.05, 3.63) is 191 Å². The molecule has 356 valence electrons. The van der Waals surface area contributed by atoms with E-state index in [9.17, 15) is 19.0 Å². The molecule has 0 amide bonds. The van der Waals surface area contributed by atoms with Gasteiger partial charge in [-0.15, -0.1) is 24.3 Å². The zero-order valence-electron chi connectivity index (χ0n) is 39.1. The van der Waals surface area contributed by atoms with Gasteiger partial charge in [-0.25, -0.2) is 0 Å². The molecule has 67 heavy (non-hydrogen) atoms. The maximum absolute atomic E-state index is 15.2. The van der Waals surface area contributed by atoms with Crippen LogP contribution in [0.2, 0.25) is 0 Å². The number of aromatic hydroxyl groups is 2. The maximum atomic E-state index is 15.2. The molecule has 11 heteroatoms. The average Bonchev–Trinajstić information content (AvgIpc) is 3.53. The van der Waals surface area contributed by atoms with E-state index in [-0.39, 0.29) is 38.6 Å². The first-order chi connectivity index (χ1) is 31.6. The molecule has 0 saturated heterocycles. The third kappa shape index (κ3) is 13.3. The predicted molar refractivity (Wildman–Crippen MR) is 264 cm³/mol. The Morgan fingerprint density at radius 2 is 0.836 bits per heavy atom. The van der Waals surface area contributed by atoms with Crippen molar-refractivity contribution in [2.45, 2.75) is 113 Å². The number of benzene rings is 6. The Morgan fingerprint density at radius 3 is 1.12 bits per heavy atom. The van der Waals surface area contributed by atoms with Gasteiger partial charge in [0, 0.05) is 0 Å². The molecule has 8 rings (SSSR count). The van der Waals surface area contributed by atoms with Gasteiger partial charge in [-0.2, -0.15) is 49.2 Å². The Hall–Kier alpha value is -4.35. The second kappa shape index (κ2) is 22.4. The second-order valence-electron chi connectivity index (χ2n) is 19.3. The molecule has 0 spiro atoms. The first-order valence-corrected chi connectivity index (χ1v) is 29.3. The van der Waals surface area contributed by atoms with Crippen LogP contribution in [0.25, 0.3) is 22.3 Å². The zero-order valence-corrected chi connectivity index (χ0v) is 42.3. The van der Waals surface area contributed by atoms with E-state index < -0.39 is 72.3 Å². The normalized spacial score (nSPS) is 18.1. The number of rotatable bonds is 6. The van der Waals surface area contributed by atoms with Crippen LogP contribution in [0.1, 0.15) is 113 Å². The molecule has 2 nitrogen and oxygen atoms in total. The van der Waals surface area contributed by atoms with Crippen LogP contribution in [0.4, 0.5) is 26.3 Å². The van der Waals surface area contributed by atoms with Crippen LogP contribution in [0.5, 0.6) is 11.5 Å². The average molecular weight is 991 g/mol. The summed E-state index contributed by atoms with van der Waals surface area (Å²) in [6.07, 6.45) is 6.49. The van der Waals surface area contributed by atoms with E-state index in [0.717, 1.165) is 60.8 Å². The van der Waals surface area contributed by atoms with E-state index in [2.05, 4.69) is 13.8 Å². The molecule has 4 atom stereocenters. The number of hydrogen-bond donors (Lipinski definition) is 2. The molecular formula is C56H60F6O2S2Ti-2. The van der Waals surface area contributed by atoms with Gasteiger partial charge in [0.15, 0.2) is 0 Å². The smallest absolute Gasteiger partial charge is 0.0866 e. The Labute approximate surface area is 403 Å². The van der Waals surface area contributed by atoms with E-state index in [1.165, 1.54) is 0 Å². The van der Waals surface area contributed by atoms with E-state index >= 15 is 17.6 Å². The number of phenolic OH excluding ortho intramolecular Hbond substituents is 2. The number of halogens is 6. The molecular weight excluding hydrogens is 931 g/mol. The van der Waals surface area contributed by atoms with Crippen molar-refractivity contribution < 1.29 is 52.0 Å². The first kappa shape index (κ1) is 52.0. The fraction of sp³-hybridized carbons (Fsp3) is 0.321. The summed E-state index contributed by atoms with van der Waals surface area (Å²) in [5, 5.41) is 24.2. The van der Waals surface area contributed by atoms with Crippen LogP contribution in [-0.4, -0.2) is 20.7 Å². The number of fused-ring (bicyclic) bond motifs is 1. The first-order valence-electron chi connectivity index (χ1n) is 22.5. The van der Waals surface area contributed by atoms with E-state index in [1.54, 1.807) is 12.1 Å². The topological polar surface area (TPSA) is 40.5 Å². The van der Waals surface area contributed by atoms with Crippen molar-refractivity contribution >= 4 is 15.9 Å². The number of phenols is 2. The fourth-order valence-electron chi connectivity index (χ4n) is 8.35. The standard InChI is InChI=1S/C42H46F6O2S2.2C7H7.Ti/c1-41(2,3)25-13-23(39(49)29(15-25)37-31(45)17-27(43)18-32(37)46)21-51-35-11-9-7-8-10-12-36(35)52-22-24-14-26(42(4,5)6)16-30(40(24)50)38-33(47)19-28(44)20-34(38)48;2*1-7-5-3-2-4-6-7;/h13-20,35-36,49-50H,7-12,21-22H2,1-6H3;2*2-6H,1H2;/q;2*-1;/t35-,36?;;;/m0.../s1. The second-order valence-corrected chi connectivity index (χ2v) is 30.7. The summed E-state index contributed by atoms with van der Waals surface area (Å²) in [5.74, 6) is -5.68. The summed E-state index contributed by atoms with van der Waals surface area (Å²) in [6, 6.07) is 29.4. The molecule has 6 aromatic carbocycles. The van der Waals surface area contributed by atoms with Gasteiger partial charge >= 0.3 is 320 Å². The molecule has 2 aliphatic rings. The van der Waals surface area contributed by atoms with Crippen LogP contribution in [0.3, 0.4) is 0 Å². The van der Waals surface area contributed by atoms with Gasteiger partial charge in [0.05, 0.1) is 0 Å². The maximum Gasteiger partial charge on any atom is -0.0866 e. The van der Waals surface area contributed by atoms with Crippen LogP contribution in [-0.2, 0) is 37.8 Å². The minimum Gasteiger partial charge on any atom is -0.199 e. The van der Waals surface area contributed by atoms with E-state index in [1.807, 2.05) is 114 Å². The van der Waals surface area contributed by atoms with Crippen LogP contribution >= 0.6 is 15.9 Å². The summed E-state index contributed by atoms with van der Waals surface area (Å²) in [7, 11) is -0.271.